The lowest BCUT2D eigenvalue weighted by molar-refractivity contribution is -0.133. The van der Waals surface area contributed by atoms with Gasteiger partial charge < -0.3 is 14.5 Å². The van der Waals surface area contributed by atoms with Gasteiger partial charge >= 0.3 is 0 Å². The maximum absolute atomic E-state index is 13.4. The Morgan fingerprint density at radius 2 is 1.76 bits per heavy atom. The van der Waals surface area contributed by atoms with E-state index < -0.39 is 0 Å². The van der Waals surface area contributed by atoms with E-state index >= 15 is 0 Å². The molecule has 1 fully saturated rings. The van der Waals surface area contributed by atoms with Crippen LogP contribution in [0.25, 0.3) is 0 Å². The van der Waals surface area contributed by atoms with Gasteiger partial charge in [0.05, 0.1) is 31.4 Å². The number of carbonyl (C=O) groups is 2. The molecule has 8 heteroatoms. The molecule has 0 bridgehead atoms. The van der Waals surface area contributed by atoms with E-state index in [1.54, 1.807) is 11.1 Å². The van der Waals surface area contributed by atoms with Crippen LogP contribution in [0.1, 0.15) is 45.8 Å². The lowest BCUT2D eigenvalue weighted by Gasteiger charge is -2.31. The van der Waals surface area contributed by atoms with E-state index in [1.807, 2.05) is 65.0 Å². The first kappa shape index (κ1) is 22.3. The Balaban J connectivity index is 1.44. The third kappa shape index (κ3) is 4.46. The Morgan fingerprint density at radius 3 is 2.50 bits per heavy atom. The van der Waals surface area contributed by atoms with Crippen molar-refractivity contribution in [1.29, 1.82) is 0 Å². The predicted molar refractivity (Wildman–Crippen MR) is 126 cm³/mol. The highest BCUT2D eigenvalue weighted by Gasteiger charge is 2.33. The van der Waals surface area contributed by atoms with Crippen LogP contribution < -0.4 is 0 Å². The second-order valence-electron chi connectivity index (χ2n) is 8.80. The van der Waals surface area contributed by atoms with Gasteiger partial charge in [0.15, 0.2) is 5.69 Å². The summed E-state index contributed by atoms with van der Waals surface area (Å²) >= 11 is 0. The number of hydrogen-bond acceptors (Lipinski definition) is 5. The lowest BCUT2D eigenvalue weighted by atomic mass is 9.97. The summed E-state index contributed by atoms with van der Waals surface area (Å²) in [5.41, 5.74) is 4.19. The SMILES string of the molecule is C[C@@H](C(=O)N1CCc2c(c(C(=O)N3CCOCC3)nn2Cc2ccccn2)C1)c1ccccc1. The standard InChI is InChI=1S/C26H29N5O3/c1-19(20-7-3-2-4-8-20)25(32)30-12-10-23-22(18-30)24(26(33)29-13-15-34-16-14-29)28-31(23)17-21-9-5-6-11-27-21/h2-9,11,19H,10,12-18H2,1H3/t19-/m1/s1. The maximum Gasteiger partial charge on any atom is 0.274 e. The molecule has 2 aliphatic heterocycles. The number of hydrogen-bond donors (Lipinski definition) is 0. The van der Waals surface area contributed by atoms with Crippen LogP contribution in [0, 0.1) is 0 Å². The van der Waals surface area contributed by atoms with Crippen LogP contribution in [0.2, 0.25) is 0 Å². The average Bonchev–Trinajstić information content (AvgIpc) is 3.26. The average molecular weight is 460 g/mol. The fourth-order valence-electron chi connectivity index (χ4n) is 4.70. The molecule has 0 radical (unpaired) electrons. The Labute approximate surface area is 199 Å². The molecule has 8 nitrogen and oxygen atoms in total. The molecule has 0 N–H and O–H groups in total. The zero-order chi connectivity index (χ0) is 23.5. The zero-order valence-electron chi connectivity index (χ0n) is 19.4. The number of fused-ring (bicyclic) bond motifs is 1. The van der Waals surface area contributed by atoms with Crippen molar-refractivity contribution in [3.05, 3.63) is 82.9 Å². The number of morpholine rings is 1. The molecule has 1 aromatic carbocycles. The van der Waals surface area contributed by atoms with Crippen molar-refractivity contribution < 1.29 is 14.3 Å². The van der Waals surface area contributed by atoms with Crippen LogP contribution >= 0.6 is 0 Å². The van der Waals surface area contributed by atoms with Gasteiger partial charge in [0.2, 0.25) is 5.91 Å². The van der Waals surface area contributed by atoms with E-state index in [9.17, 15) is 9.59 Å². The summed E-state index contributed by atoms with van der Waals surface area (Å²) in [7, 11) is 0. The number of rotatable bonds is 5. The van der Waals surface area contributed by atoms with E-state index in [-0.39, 0.29) is 17.7 Å². The van der Waals surface area contributed by atoms with Gasteiger partial charge in [0, 0.05) is 50.1 Å². The smallest absolute Gasteiger partial charge is 0.274 e. The van der Waals surface area contributed by atoms with Crippen LogP contribution in [0.5, 0.6) is 0 Å². The summed E-state index contributed by atoms with van der Waals surface area (Å²) in [4.78, 5) is 34.9. The lowest BCUT2D eigenvalue weighted by Crippen LogP contribution is -2.42. The summed E-state index contributed by atoms with van der Waals surface area (Å²) in [6.07, 6.45) is 2.41. The van der Waals surface area contributed by atoms with Crippen LogP contribution in [-0.2, 0) is 29.0 Å². The molecule has 0 aliphatic carbocycles. The molecule has 0 saturated carbocycles. The molecule has 176 valence electrons. The summed E-state index contributed by atoms with van der Waals surface area (Å²) in [6, 6.07) is 15.6. The molecule has 4 heterocycles. The van der Waals surface area contributed by atoms with Crippen LogP contribution in [0.4, 0.5) is 0 Å². The Hall–Kier alpha value is -3.52. The minimum absolute atomic E-state index is 0.0686. The van der Waals surface area contributed by atoms with Gasteiger partial charge in [-0.3, -0.25) is 19.3 Å². The van der Waals surface area contributed by atoms with Crippen molar-refractivity contribution >= 4 is 11.8 Å². The molecule has 1 atom stereocenters. The molecule has 0 spiro atoms. The van der Waals surface area contributed by atoms with E-state index in [1.165, 1.54) is 0 Å². The number of carbonyl (C=O) groups excluding carboxylic acids is 2. The number of aromatic nitrogens is 3. The number of pyridine rings is 1. The van der Waals surface area contributed by atoms with Gasteiger partial charge in [-0.1, -0.05) is 36.4 Å². The first-order valence-electron chi connectivity index (χ1n) is 11.8. The molecule has 2 aliphatic rings. The molecule has 3 aromatic rings. The van der Waals surface area contributed by atoms with Crippen molar-refractivity contribution in [3.8, 4) is 0 Å². The molecule has 34 heavy (non-hydrogen) atoms. The molecule has 1 saturated heterocycles. The molecule has 2 amide bonds. The second-order valence-corrected chi connectivity index (χ2v) is 8.80. The Kier molecular flexibility index (Phi) is 6.40. The minimum atomic E-state index is -0.246. The van der Waals surface area contributed by atoms with Gasteiger partial charge in [-0.25, -0.2) is 0 Å². The van der Waals surface area contributed by atoms with Crippen molar-refractivity contribution in [3.63, 3.8) is 0 Å². The van der Waals surface area contributed by atoms with Crippen LogP contribution in [0.15, 0.2) is 54.7 Å². The van der Waals surface area contributed by atoms with E-state index in [0.29, 0.717) is 58.1 Å². The highest BCUT2D eigenvalue weighted by atomic mass is 16.5. The first-order valence-corrected chi connectivity index (χ1v) is 11.8. The molecular weight excluding hydrogens is 430 g/mol. The van der Waals surface area contributed by atoms with Gasteiger partial charge in [-0.2, -0.15) is 5.10 Å². The fraction of sp³-hybridized carbons (Fsp3) is 0.385. The Morgan fingerprint density at radius 1 is 1.00 bits per heavy atom. The summed E-state index contributed by atoms with van der Waals surface area (Å²) < 4.78 is 7.32. The van der Waals surface area contributed by atoms with E-state index in [2.05, 4.69) is 4.98 Å². The maximum atomic E-state index is 13.4. The van der Waals surface area contributed by atoms with Gasteiger partial charge in [0.1, 0.15) is 0 Å². The minimum Gasteiger partial charge on any atom is -0.378 e. The Bertz CT molecular complexity index is 1160. The summed E-state index contributed by atoms with van der Waals surface area (Å²) in [5.74, 6) is -0.270. The quantitative estimate of drug-likeness (QED) is 0.586. The van der Waals surface area contributed by atoms with E-state index in [4.69, 9.17) is 9.84 Å². The van der Waals surface area contributed by atoms with Gasteiger partial charge in [-0.15, -0.1) is 0 Å². The monoisotopic (exact) mass is 459 g/mol. The first-order chi connectivity index (χ1) is 16.6. The predicted octanol–water partition coefficient (Wildman–Crippen LogP) is 2.49. The highest BCUT2D eigenvalue weighted by Crippen LogP contribution is 2.27. The third-order valence-corrected chi connectivity index (χ3v) is 6.65. The van der Waals surface area contributed by atoms with Crippen molar-refractivity contribution in [1.82, 2.24) is 24.6 Å². The summed E-state index contributed by atoms with van der Waals surface area (Å²) in [6.45, 7) is 5.58. The van der Waals surface area contributed by atoms with Crippen molar-refractivity contribution in [2.75, 3.05) is 32.8 Å². The second kappa shape index (κ2) is 9.77. The highest BCUT2D eigenvalue weighted by molar-refractivity contribution is 5.94. The zero-order valence-corrected chi connectivity index (χ0v) is 19.4. The molecular formula is C26H29N5O3. The summed E-state index contributed by atoms with van der Waals surface area (Å²) in [5, 5.41) is 4.77. The molecule has 0 unspecified atom stereocenters. The third-order valence-electron chi connectivity index (χ3n) is 6.65. The number of benzene rings is 1. The normalized spacial score (nSPS) is 16.7. The van der Waals surface area contributed by atoms with Gasteiger partial charge in [0.25, 0.3) is 5.91 Å². The van der Waals surface area contributed by atoms with Crippen LogP contribution in [0.3, 0.4) is 0 Å². The van der Waals surface area contributed by atoms with Gasteiger partial charge in [-0.05, 0) is 24.6 Å². The van der Waals surface area contributed by atoms with Crippen LogP contribution in [-0.4, -0.2) is 69.2 Å². The fourth-order valence-corrected chi connectivity index (χ4v) is 4.70. The largest absolute Gasteiger partial charge is 0.378 e. The van der Waals surface area contributed by atoms with Crippen molar-refractivity contribution in [2.24, 2.45) is 0 Å². The number of amides is 2. The number of ether oxygens (including phenoxy) is 1. The van der Waals surface area contributed by atoms with E-state index in [0.717, 1.165) is 22.5 Å². The molecule has 5 rings (SSSR count). The number of nitrogens with zero attached hydrogens (tertiary/aromatic N) is 5. The van der Waals surface area contributed by atoms with Crippen molar-refractivity contribution in [2.45, 2.75) is 32.4 Å². The topological polar surface area (TPSA) is 80.6 Å². The molecule has 2 aromatic heterocycles.